The van der Waals surface area contributed by atoms with E-state index in [4.69, 9.17) is 0 Å². The molecule has 0 aromatic carbocycles. The molecule has 0 aliphatic carbocycles. The van der Waals surface area contributed by atoms with Gasteiger partial charge in [-0.05, 0) is 35.7 Å². The van der Waals surface area contributed by atoms with E-state index in [9.17, 15) is 0 Å². The third-order valence-electron chi connectivity index (χ3n) is 2.63. The average molecular weight is 306 g/mol. The number of aryl methyl sites for hydroxylation is 2. The van der Waals surface area contributed by atoms with Gasteiger partial charge in [0.05, 0.1) is 15.9 Å². The summed E-state index contributed by atoms with van der Waals surface area (Å²) in [6.07, 6.45) is 1.02. The molecule has 3 nitrogen and oxygen atoms in total. The van der Waals surface area contributed by atoms with Gasteiger partial charge in [-0.15, -0.1) is 0 Å². The molecule has 0 aliphatic heterocycles. The highest BCUT2D eigenvalue weighted by atomic mass is 79.9. The SMILES string of the molecule is CCSCC(Cc1c(Br)c(C)nn1C)NC. The first-order valence-corrected chi connectivity index (χ1v) is 7.47. The molecule has 0 bridgehead atoms. The minimum absolute atomic E-state index is 0.510. The van der Waals surface area contributed by atoms with Gasteiger partial charge in [-0.3, -0.25) is 4.68 Å². The van der Waals surface area contributed by atoms with Crippen molar-refractivity contribution in [2.24, 2.45) is 7.05 Å². The third kappa shape index (κ3) is 3.50. The highest BCUT2D eigenvalue weighted by molar-refractivity contribution is 9.10. The lowest BCUT2D eigenvalue weighted by molar-refractivity contribution is 0.580. The molecular weight excluding hydrogens is 286 g/mol. The van der Waals surface area contributed by atoms with Gasteiger partial charge in [-0.2, -0.15) is 16.9 Å². The minimum Gasteiger partial charge on any atom is -0.316 e. The summed E-state index contributed by atoms with van der Waals surface area (Å²) in [7, 11) is 4.03. The maximum absolute atomic E-state index is 4.41. The van der Waals surface area contributed by atoms with E-state index in [2.05, 4.69) is 33.3 Å². The molecule has 1 rings (SSSR count). The van der Waals surface area contributed by atoms with Gasteiger partial charge in [-0.1, -0.05) is 6.92 Å². The van der Waals surface area contributed by atoms with Crippen LogP contribution in [0.5, 0.6) is 0 Å². The fraction of sp³-hybridized carbons (Fsp3) is 0.727. The van der Waals surface area contributed by atoms with Crippen molar-refractivity contribution in [1.82, 2.24) is 15.1 Å². The van der Waals surface area contributed by atoms with Crippen LogP contribution in [0.2, 0.25) is 0 Å². The molecule has 0 fully saturated rings. The molecular formula is C11H20BrN3S. The van der Waals surface area contributed by atoms with Gasteiger partial charge in [0.2, 0.25) is 0 Å². The number of aromatic nitrogens is 2. The Balaban J connectivity index is 2.69. The normalized spacial score (nSPS) is 13.1. The molecule has 1 aromatic rings. The molecule has 1 atom stereocenters. The number of halogens is 1. The van der Waals surface area contributed by atoms with Crippen molar-refractivity contribution in [3.8, 4) is 0 Å². The number of hydrogen-bond donors (Lipinski definition) is 1. The molecule has 0 saturated heterocycles. The predicted octanol–water partition coefficient (Wildman–Crippen LogP) is 2.37. The van der Waals surface area contributed by atoms with Crippen LogP contribution in [0.4, 0.5) is 0 Å². The monoisotopic (exact) mass is 305 g/mol. The van der Waals surface area contributed by atoms with Crippen LogP contribution in [0.15, 0.2) is 4.47 Å². The zero-order chi connectivity index (χ0) is 12.1. The lowest BCUT2D eigenvalue weighted by atomic mass is 10.2. The second kappa shape index (κ2) is 6.67. The predicted molar refractivity (Wildman–Crippen MR) is 75.2 cm³/mol. The van der Waals surface area contributed by atoms with Crippen molar-refractivity contribution >= 4 is 27.7 Å². The van der Waals surface area contributed by atoms with Crippen LogP contribution in [0.25, 0.3) is 0 Å². The van der Waals surface area contributed by atoms with Crippen molar-refractivity contribution in [2.75, 3.05) is 18.6 Å². The van der Waals surface area contributed by atoms with Crippen LogP contribution >= 0.6 is 27.7 Å². The van der Waals surface area contributed by atoms with Gasteiger partial charge >= 0.3 is 0 Å². The van der Waals surface area contributed by atoms with E-state index in [-0.39, 0.29) is 0 Å². The Kier molecular flexibility index (Phi) is 5.86. The first kappa shape index (κ1) is 14.1. The second-order valence-electron chi connectivity index (χ2n) is 3.82. The van der Waals surface area contributed by atoms with Crippen molar-refractivity contribution in [1.29, 1.82) is 0 Å². The molecule has 0 spiro atoms. The summed E-state index contributed by atoms with van der Waals surface area (Å²) in [4.78, 5) is 0. The number of rotatable bonds is 6. The first-order chi connectivity index (χ1) is 7.60. The van der Waals surface area contributed by atoms with E-state index in [1.165, 1.54) is 11.4 Å². The number of nitrogens with one attached hydrogen (secondary N) is 1. The van der Waals surface area contributed by atoms with Gasteiger partial charge in [0, 0.05) is 25.3 Å². The first-order valence-electron chi connectivity index (χ1n) is 5.53. The number of nitrogens with zero attached hydrogens (tertiary/aromatic N) is 2. The molecule has 5 heteroatoms. The highest BCUT2D eigenvalue weighted by Gasteiger charge is 2.15. The fourth-order valence-electron chi connectivity index (χ4n) is 1.64. The highest BCUT2D eigenvalue weighted by Crippen LogP contribution is 2.22. The molecule has 1 N–H and O–H groups in total. The smallest absolute Gasteiger partial charge is 0.0738 e. The summed E-state index contributed by atoms with van der Waals surface area (Å²) in [5, 5.41) is 7.78. The molecule has 1 unspecified atom stereocenters. The van der Waals surface area contributed by atoms with Crippen LogP contribution in [-0.4, -0.2) is 34.4 Å². The standard InChI is InChI=1S/C11H20BrN3S/c1-5-16-7-9(13-3)6-10-11(12)8(2)14-15(10)4/h9,13H,5-7H2,1-4H3. The van der Waals surface area contributed by atoms with Gasteiger partial charge in [0.25, 0.3) is 0 Å². The van der Waals surface area contributed by atoms with Crippen LogP contribution in [0, 0.1) is 6.92 Å². The Morgan fingerprint density at radius 1 is 1.56 bits per heavy atom. The molecule has 1 aromatic heterocycles. The van der Waals surface area contributed by atoms with Gasteiger partial charge in [0.15, 0.2) is 0 Å². The van der Waals surface area contributed by atoms with Crippen LogP contribution in [0.1, 0.15) is 18.3 Å². The van der Waals surface area contributed by atoms with E-state index < -0.39 is 0 Å². The zero-order valence-electron chi connectivity index (χ0n) is 10.4. The summed E-state index contributed by atoms with van der Waals surface area (Å²) in [6.45, 7) is 4.23. The minimum atomic E-state index is 0.510. The molecule has 0 amide bonds. The summed E-state index contributed by atoms with van der Waals surface area (Å²) >= 11 is 5.58. The summed E-state index contributed by atoms with van der Waals surface area (Å²) < 4.78 is 3.12. The van der Waals surface area contributed by atoms with Gasteiger partial charge < -0.3 is 5.32 Å². The molecule has 0 aliphatic rings. The van der Waals surface area contributed by atoms with Crippen LogP contribution in [0.3, 0.4) is 0 Å². The van der Waals surface area contributed by atoms with Crippen molar-refractivity contribution in [3.05, 3.63) is 15.9 Å². The third-order valence-corrected chi connectivity index (χ3v) is 4.71. The molecule has 92 valence electrons. The number of likely N-dealkylation sites (N-methyl/N-ethyl adjacent to an activating group) is 1. The average Bonchev–Trinajstić information content (AvgIpc) is 2.50. The molecule has 16 heavy (non-hydrogen) atoms. The van der Waals surface area contributed by atoms with Crippen LogP contribution in [-0.2, 0) is 13.5 Å². The van der Waals surface area contributed by atoms with Crippen molar-refractivity contribution in [3.63, 3.8) is 0 Å². The van der Waals surface area contributed by atoms with Crippen molar-refractivity contribution < 1.29 is 0 Å². The Labute approximate surface area is 110 Å². The Morgan fingerprint density at radius 2 is 2.25 bits per heavy atom. The Bertz CT molecular complexity index is 338. The molecule has 0 radical (unpaired) electrons. The van der Waals surface area contributed by atoms with Crippen molar-refractivity contribution in [2.45, 2.75) is 26.3 Å². The lowest BCUT2D eigenvalue weighted by Crippen LogP contribution is -2.31. The van der Waals surface area contributed by atoms with Crippen LogP contribution < -0.4 is 5.32 Å². The molecule has 1 heterocycles. The molecule has 0 saturated carbocycles. The zero-order valence-corrected chi connectivity index (χ0v) is 12.8. The fourth-order valence-corrected chi connectivity index (χ4v) is 2.94. The quantitative estimate of drug-likeness (QED) is 0.875. The Morgan fingerprint density at radius 3 is 2.69 bits per heavy atom. The van der Waals surface area contributed by atoms with Gasteiger partial charge in [-0.25, -0.2) is 0 Å². The summed E-state index contributed by atoms with van der Waals surface area (Å²) in [5.74, 6) is 2.31. The van der Waals surface area contributed by atoms with Gasteiger partial charge in [0.1, 0.15) is 0 Å². The number of hydrogen-bond acceptors (Lipinski definition) is 3. The van der Waals surface area contributed by atoms with E-state index in [0.29, 0.717) is 6.04 Å². The van der Waals surface area contributed by atoms with E-state index in [1.54, 1.807) is 0 Å². The van der Waals surface area contributed by atoms with E-state index in [0.717, 1.165) is 22.3 Å². The number of thioether (sulfide) groups is 1. The lowest BCUT2D eigenvalue weighted by Gasteiger charge is -2.15. The second-order valence-corrected chi connectivity index (χ2v) is 5.93. The van der Waals surface area contributed by atoms with E-state index in [1.807, 2.05) is 37.5 Å². The largest absolute Gasteiger partial charge is 0.316 e. The summed E-state index contributed by atoms with van der Waals surface area (Å²) in [6, 6.07) is 0.510. The van der Waals surface area contributed by atoms with E-state index >= 15 is 0 Å². The topological polar surface area (TPSA) is 29.9 Å². The summed E-state index contributed by atoms with van der Waals surface area (Å²) in [5.41, 5.74) is 2.34. The Hall–Kier alpha value is -0.0000000000000000763. The maximum Gasteiger partial charge on any atom is 0.0738 e. The maximum atomic E-state index is 4.41.